The lowest BCUT2D eigenvalue weighted by Gasteiger charge is -2.23. The molecule has 4 heteroatoms. The highest BCUT2D eigenvalue weighted by Crippen LogP contribution is 2.33. The number of aryl methyl sites for hydroxylation is 2. The topological polar surface area (TPSA) is 25.8 Å². The van der Waals surface area contributed by atoms with Crippen molar-refractivity contribution < 1.29 is 4.39 Å². The molecule has 0 atom stereocenters. The van der Waals surface area contributed by atoms with E-state index in [-0.39, 0.29) is 0 Å². The van der Waals surface area contributed by atoms with Crippen LogP contribution in [0.2, 0.25) is 0 Å². The van der Waals surface area contributed by atoms with E-state index >= 15 is 0 Å². The highest BCUT2D eigenvalue weighted by Gasteiger charge is 2.24. The second kappa shape index (κ2) is 10.3. The molecular formula is C26H34ClFN2. The molecule has 0 aliphatic carbocycles. The van der Waals surface area contributed by atoms with Gasteiger partial charge in [0.15, 0.2) is 0 Å². The fourth-order valence-corrected chi connectivity index (χ4v) is 3.98. The van der Waals surface area contributed by atoms with Crippen LogP contribution in [0.25, 0.3) is 12.2 Å². The van der Waals surface area contributed by atoms with Crippen LogP contribution in [-0.4, -0.2) is 9.97 Å². The number of rotatable bonds is 9. The molecule has 0 fully saturated rings. The van der Waals surface area contributed by atoms with E-state index in [0.717, 1.165) is 59.6 Å². The maximum atomic E-state index is 14.8. The fourth-order valence-electron chi connectivity index (χ4n) is 3.87. The van der Waals surface area contributed by atoms with Gasteiger partial charge >= 0.3 is 0 Å². The zero-order valence-electron chi connectivity index (χ0n) is 19.1. The Morgan fingerprint density at radius 1 is 1.20 bits per heavy atom. The summed E-state index contributed by atoms with van der Waals surface area (Å²) in [5, 5.41) is 0.688. The van der Waals surface area contributed by atoms with Crippen LogP contribution in [0.15, 0.2) is 29.8 Å². The van der Waals surface area contributed by atoms with Crippen molar-refractivity contribution in [1.29, 1.82) is 0 Å². The first-order valence-corrected chi connectivity index (χ1v) is 11.1. The van der Waals surface area contributed by atoms with Crippen molar-refractivity contribution in [1.82, 2.24) is 9.97 Å². The zero-order chi connectivity index (χ0) is 22.5. The Bertz CT molecular complexity index is 919. The van der Waals surface area contributed by atoms with E-state index in [9.17, 15) is 4.39 Å². The molecule has 0 bridgehead atoms. The first kappa shape index (κ1) is 24.3. The van der Waals surface area contributed by atoms with Gasteiger partial charge in [0.1, 0.15) is 11.5 Å². The van der Waals surface area contributed by atoms with Gasteiger partial charge in [0.2, 0.25) is 0 Å². The SMILES string of the molecule is C=Cc1nc(CCCCc2c(C(C)C)cccc2C(C)(C)F)nc(C)c1/C=C(\C)Cl. The molecule has 0 N–H and O–H groups in total. The number of aromatic nitrogens is 2. The standard InChI is InChI=1S/C26H34ClFN2/c1-8-24-22(16-18(4)27)19(5)29-25(30-24)15-10-9-12-21-20(17(2)3)13-11-14-23(21)26(6,7)28/h8,11,13-14,16-17H,1,9-10,12,15H2,2-7H3/b18-16+. The Kier molecular flexibility index (Phi) is 8.37. The van der Waals surface area contributed by atoms with Gasteiger partial charge in [-0.1, -0.05) is 50.2 Å². The Morgan fingerprint density at radius 2 is 1.87 bits per heavy atom. The van der Waals surface area contributed by atoms with Crippen molar-refractivity contribution >= 4 is 23.8 Å². The van der Waals surface area contributed by atoms with Gasteiger partial charge in [-0.2, -0.15) is 0 Å². The van der Waals surface area contributed by atoms with Crippen LogP contribution in [0.5, 0.6) is 0 Å². The van der Waals surface area contributed by atoms with Gasteiger partial charge in [0.05, 0.1) is 5.69 Å². The van der Waals surface area contributed by atoms with Crippen LogP contribution in [-0.2, 0) is 18.5 Å². The second-order valence-corrected chi connectivity index (χ2v) is 9.26. The quantitative estimate of drug-likeness (QED) is 0.379. The maximum absolute atomic E-state index is 14.8. The summed E-state index contributed by atoms with van der Waals surface area (Å²) in [7, 11) is 0. The predicted molar refractivity (Wildman–Crippen MR) is 128 cm³/mol. The van der Waals surface area contributed by atoms with Gasteiger partial charge in [0, 0.05) is 22.7 Å². The summed E-state index contributed by atoms with van der Waals surface area (Å²) in [5.74, 6) is 1.18. The Hall–Kier alpha value is -2.00. The molecule has 0 saturated heterocycles. The van der Waals surface area contributed by atoms with E-state index in [1.807, 2.05) is 32.1 Å². The van der Waals surface area contributed by atoms with Gasteiger partial charge in [-0.05, 0) is 81.7 Å². The summed E-state index contributed by atoms with van der Waals surface area (Å²) >= 11 is 6.04. The summed E-state index contributed by atoms with van der Waals surface area (Å²) in [6, 6.07) is 6.03. The van der Waals surface area contributed by atoms with Crippen LogP contribution in [0.3, 0.4) is 0 Å². The normalized spacial score (nSPS) is 12.5. The molecule has 162 valence electrons. The summed E-state index contributed by atoms with van der Waals surface area (Å²) < 4.78 is 14.8. The lowest BCUT2D eigenvalue weighted by atomic mass is 9.85. The third kappa shape index (κ3) is 6.25. The van der Waals surface area contributed by atoms with Crippen molar-refractivity contribution in [2.24, 2.45) is 0 Å². The summed E-state index contributed by atoms with van der Waals surface area (Å²) in [6.07, 6.45) is 7.17. The van der Waals surface area contributed by atoms with Crippen molar-refractivity contribution in [2.45, 2.75) is 78.8 Å². The molecule has 2 aromatic rings. The molecule has 0 aliphatic heterocycles. The Balaban J connectivity index is 2.15. The first-order chi connectivity index (χ1) is 14.0. The number of unbranched alkanes of at least 4 members (excludes halogenated alkanes) is 1. The fraction of sp³-hybridized carbons (Fsp3) is 0.462. The summed E-state index contributed by atoms with van der Waals surface area (Å²) in [4.78, 5) is 9.32. The molecule has 0 spiro atoms. The van der Waals surface area contributed by atoms with Crippen molar-refractivity contribution in [3.05, 3.63) is 69.3 Å². The molecule has 0 unspecified atom stereocenters. The number of nitrogens with zero attached hydrogens (tertiary/aromatic N) is 2. The van der Waals surface area contributed by atoms with Crippen LogP contribution in [0, 0.1) is 6.92 Å². The van der Waals surface area contributed by atoms with Gasteiger partial charge < -0.3 is 0 Å². The number of allylic oxidation sites excluding steroid dienone is 1. The average molecular weight is 429 g/mol. The van der Waals surface area contributed by atoms with Crippen molar-refractivity contribution in [3.8, 4) is 0 Å². The number of hydrogen-bond donors (Lipinski definition) is 0. The third-order valence-electron chi connectivity index (χ3n) is 5.30. The van der Waals surface area contributed by atoms with Crippen LogP contribution >= 0.6 is 11.6 Å². The van der Waals surface area contributed by atoms with Crippen LogP contribution < -0.4 is 0 Å². The summed E-state index contributed by atoms with van der Waals surface area (Å²) in [6.45, 7) is 15.3. The van der Waals surface area contributed by atoms with Gasteiger partial charge in [0.25, 0.3) is 0 Å². The average Bonchev–Trinajstić information content (AvgIpc) is 2.65. The molecule has 2 rings (SSSR count). The van der Waals surface area contributed by atoms with E-state index in [1.165, 1.54) is 5.56 Å². The summed E-state index contributed by atoms with van der Waals surface area (Å²) in [5.41, 5.74) is 4.49. The largest absolute Gasteiger partial charge is 0.239 e. The van der Waals surface area contributed by atoms with Crippen LogP contribution in [0.1, 0.15) is 92.8 Å². The highest BCUT2D eigenvalue weighted by atomic mass is 35.5. The minimum absolute atomic E-state index is 0.370. The Labute approximate surface area is 186 Å². The third-order valence-corrected chi connectivity index (χ3v) is 5.41. The maximum Gasteiger partial charge on any atom is 0.130 e. The zero-order valence-corrected chi connectivity index (χ0v) is 19.9. The molecule has 0 amide bonds. The minimum Gasteiger partial charge on any atom is -0.239 e. The predicted octanol–water partition coefficient (Wildman–Crippen LogP) is 7.92. The molecule has 2 nitrogen and oxygen atoms in total. The lowest BCUT2D eigenvalue weighted by Crippen LogP contribution is -2.15. The Morgan fingerprint density at radius 3 is 2.43 bits per heavy atom. The van der Waals surface area contributed by atoms with Crippen molar-refractivity contribution in [3.63, 3.8) is 0 Å². The number of alkyl halides is 1. The molecular weight excluding hydrogens is 395 g/mol. The van der Waals surface area contributed by atoms with Crippen LogP contribution in [0.4, 0.5) is 4.39 Å². The smallest absolute Gasteiger partial charge is 0.130 e. The minimum atomic E-state index is -1.34. The van der Waals surface area contributed by atoms with E-state index in [0.29, 0.717) is 11.0 Å². The van der Waals surface area contributed by atoms with E-state index in [2.05, 4.69) is 36.5 Å². The monoisotopic (exact) mass is 428 g/mol. The molecule has 0 radical (unpaired) electrons. The van der Waals surface area contributed by atoms with Gasteiger partial charge in [-0.3, -0.25) is 0 Å². The highest BCUT2D eigenvalue weighted by molar-refractivity contribution is 6.31. The number of hydrogen-bond acceptors (Lipinski definition) is 2. The molecule has 1 aromatic carbocycles. The molecule has 1 heterocycles. The van der Waals surface area contributed by atoms with E-state index < -0.39 is 5.67 Å². The molecule has 0 saturated carbocycles. The van der Waals surface area contributed by atoms with E-state index in [4.69, 9.17) is 11.6 Å². The molecule has 0 aliphatic rings. The van der Waals surface area contributed by atoms with Gasteiger partial charge in [-0.15, -0.1) is 0 Å². The molecule has 1 aromatic heterocycles. The lowest BCUT2D eigenvalue weighted by molar-refractivity contribution is 0.219. The molecule has 30 heavy (non-hydrogen) atoms. The van der Waals surface area contributed by atoms with Crippen molar-refractivity contribution in [2.75, 3.05) is 0 Å². The number of halogens is 2. The van der Waals surface area contributed by atoms with E-state index in [1.54, 1.807) is 19.9 Å². The second-order valence-electron chi connectivity index (χ2n) is 8.67. The number of benzene rings is 1. The van der Waals surface area contributed by atoms with Gasteiger partial charge in [-0.25, -0.2) is 14.4 Å². The first-order valence-electron chi connectivity index (χ1n) is 10.7.